The number of hydrogen-bond donors (Lipinski definition) is 0. The Labute approximate surface area is 127 Å². The number of aryl methyl sites for hydroxylation is 2. The lowest BCUT2D eigenvalue weighted by Crippen LogP contribution is -2.13. The Hall–Kier alpha value is -0.490. The second-order valence-corrected chi connectivity index (χ2v) is 7.90. The fraction of sp³-hybridized carbons (Fsp3) is 0.684. The van der Waals surface area contributed by atoms with E-state index in [0.717, 1.165) is 17.8 Å². The highest BCUT2D eigenvalue weighted by atomic mass is 35.5. The van der Waals surface area contributed by atoms with Gasteiger partial charge in [0.15, 0.2) is 0 Å². The molecule has 1 aromatic carbocycles. The number of halogens is 1. The first-order valence-corrected chi connectivity index (χ1v) is 8.99. The molecule has 0 amide bonds. The predicted octanol–water partition coefficient (Wildman–Crippen LogP) is 5.67. The molecular formula is C19H25Cl. The fourth-order valence-electron chi connectivity index (χ4n) is 5.02. The molecule has 0 radical (unpaired) electrons. The van der Waals surface area contributed by atoms with Gasteiger partial charge in [0.1, 0.15) is 0 Å². The van der Waals surface area contributed by atoms with Gasteiger partial charge in [0.2, 0.25) is 0 Å². The third-order valence-electron chi connectivity index (χ3n) is 6.13. The summed E-state index contributed by atoms with van der Waals surface area (Å²) >= 11 is 6.77. The largest absolute Gasteiger partial charge is 0.118 e. The summed E-state index contributed by atoms with van der Waals surface area (Å²) in [6.07, 6.45) is 12.4. The molecule has 0 spiro atoms. The van der Waals surface area contributed by atoms with E-state index < -0.39 is 0 Å². The van der Waals surface area contributed by atoms with Gasteiger partial charge in [-0.3, -0.25) is 0 Å². The SMILES string of the molecule is ClC(CC1CC2CCC1C2)c1ccc2c(c1)CCCC2. The van der Waals surface area contributed by atoms with Crippen molar-refractivity contribution in [2.75, 3.05) is 0 Å². The van der Waals surface area contributed by atoms with Crippen LogP contribution in [0.5, 0.6) is 0 Å². The van der Waals surface area contributed by atoms with E-state index in [1.165, 1.54) is 63.4 Å². The van der Waals surface area contributed by atoms with Crippen LogP contribution in [-0.4, -0.2) is 0 Å². The van der Waals surface area contributed by atoms with Gasteiger partial charge in [0.05, 0.1) is 5.38 Å². The van der Waals surface area contributed by atoms with Crippen molar-refractivity contribution in [1.82, 2.24) is 0 Å². The van der Waals surface area contributed by atoms with E-state index in [9.17, 15) is 0 Å². The molecule has 3 aliphatic rings. The first-order valence-electron chi connectivity index (χ1n) is 8.55. The smallest absolute Gasteiger partial charge is 0.0588 e. The lowest BCUT2D eigenvalue weighted by molar-refractivity contribution is 0.312. The second kappa shape index (κ2) is 5.37. The molecule has 3 aliphatic carbocycles. The Morgan fingerprint density at radius 3 is 2.65 bits per heavy atom. The zero-order valence-corrected chi connectivity index (χ0v) is 13.0. The Bertz CT molecular complexity index is 493. The first kappa shape index (κ1) is 13.2. The molecule has 0 heterocycles. The molecule has 0 aliphatic heterocycles. The van der Waals surface area contributed by atoms with Crippen LogP contribution < -0.4 is 0 Å². The molecule has 1 heteroatoms. The summed E-state index contributed by atoms with van der Waals surface area (Å²) in [5.74, 6) is 2.95. The number of rotatable bonds is 3. The van der Waals surface area contributed by atoms with Crippen LogP contribution in [0.15, 0.2) is 18.2 Å². The van der Waals surface area contributed by atoms with Crippen LogP contribution >= 0.6 is 11.6 Å². The maximum Gasteiger partial charge on any atom is 0.0588 e. The quantitative estimate of drug-likeness (QED) is 0.629. The molecule has 1 aromatic rings. The highest BCUT2D eigenvalue weighted by Crippen LogP contribution is 2.51. The first-order chi connectivity index (χ1) is 9.79. The van der Waals surface area contributed by atoms with Crippen LogP contribution in [0.25, 0.3) is 0 Å². The van der Waals surface area contributed by atoms with E-state index in [2.05, 4.69) is 18.2 Å². The van der Waals surface area contributed by atoms with Crippen molar-refractivity contribution in [2.24, 2.45) is 17.8 Å². The summed E-state index contributed by atoms with van der Waals surface area (Å²) in [4.78, 5) is 0. The maximum absolute atomic E-state index is 6.77. The minimum Gasteiger partial charge on any atom is -0.118 e. The van der Waals surface area contributed by atoms with Crippen molar-refractivity contribution in [3.05, 3.63) is 34.9 Å². The van der Waals surface area contributed by atoms with Crippen molar-refractivity contribution in [1.29, 1.82) is 0 Å². The molecule has 0 N–H and O–H groups in total. The molecule has 4 unspecified atom stereocenters. The highest BCUT2D eigenvalue weighted by molar-refractivity contribution is 6.20. The molecule has 4 rings (SSSR count). The summed E-state index contributed by atoms with van der Waals surface area (Å²) in [6.45, 7) is 0. The van der Waals surface area contributed by atoms with Gasteiger partial charge in [-0.15, -0.1) is 11.6 Å². The average molecular weight is 289 g/mol. The minimum absolute atomic E-state index is 0.242. The van der Waals surface area contributed by atoms with Crippen LogP contribution in [0.4, 0.5) is 0 Å². The molecule has 2 fully saturated rings. The Morgan fingerprint density at radius 2 is 1.90 bits per heavy atom. The predicted molar refractivity (Wildman–Crippen MR) is 85.2 cm³/mol. The van der Waals surface area contributed by atoms with Crippen LogP contribution in [0.3, 0.4) is 0 Å². The van der Waals surface area contributed by atoms with Crippen molar-refractivity contribution in [3.8, 4) is 0 Å². The van der Waals surface area contributed by atoms with E-state index in [1.807, 2.05) is 0 Å². The van der Waals surface area contributed by atoms with Gasteiger partial charge in [-0.25, -0.2) is 0 Å². The van der Waals surface area contributed by atoms with Crippen molar-refractivity contribution in [3.63, 3.8) is 0 Å². The van der Waals surface area contributed by atoms with E-state index in [0.29, 0.717) is 0 Å². The lowest BCUT2D eigenvalue weighted by Gasteiger charge is -2.25. The third-order valence-corrected chi connectivity index (χ3v) is 6.56. The second-order valence-electron chi connectivity index (χ2n) is 7.37. The molecule has 0 saturated heterocycles. The summed E-state index contributed by atoms with van der Waals surface area (Å²) in [5.41, 5.74) is 4.53. The Balaban J connectivity index is 1.46. The number of benzene rings is 1. The standard InChI is InChI=1S/C19H25Cl/c20-19(12-18-10-13-5-6-16(18)9-13)17-8-7-14-3-1-2-4-15(14)11-17/h7-8,11,13,16,18-19H,1-6,9-10,12H2. The topological polar surface area (TPSA) is 0 Å². The minimum atomic E-state index is 0.242. The van der Waals surface area contributed by atoms with Gasteiger partial charge in [-0.05, 0) is 85.8 Å². The number of hydrogen-bond acceptors (Lipinski definition) is 0. The van der Waals surface area contributed by atoms with Gasteiger partial charge in [-0.1, -0.05) is 24.6 Å². The summed E-state index contributed by atoms with van der Waals surface area (Å²) in [6, 6.07) is 7.06. The summed E-state index contributed by atoms with van der Waals surface area (Å²) in [7, 11) is 0. The monoisotopic (exact) mass is 288 g/mol. The van der Waals surface area contributed by atoms with Crippen LogP contribution in [-0.2, 0) is 12.8 Å². The normalized spacial score (nSPS) is 33.1. The van der Waals surface area contributed by atoms with Gasteiger partial charge >= 0.3 is 0 Å². The van der Waals surface area contributed by atoms with Crippen molar-refractivity contribution < 1.29 is 0 Å². The molecule has 4 atom stereocenters. The van der Waals surface area contributed by atoms with E-state index in [1.54, 1.807) is 11.1 Å². The van der Waals surface area contributed by atoms with Gasteiger partial charge in [0, 0.05) is 0 Å². The van der Waals surface area contributed by atoms with Gasteiger partial charge in [0.25, 0.3) is 0 Å². The van der Waals surface area contributed by atoms with E-state index in [-0.39, 0.29) is 5.38 Å². The molecule has 2 bridgehead atoms. The van der Waals surface area contributed by atoms with Crippen LogP contribution in [0.1, 0.15) is 67.0 Å². The average Bonchev–Trinajstić information content (AvgIpc) is 3.09. The lowest BCUT2D eigenvalue weighted by atomic mass is 9.83. The van der Waals surface area contributed by atoms with E-state index in [4.69, 9.17) is 11.6 Å². The van der Waals surface area contributed by atoms with Crippen molar-refractivity contribution >= 4 is 11.6 Å². The number of alkyl halides is 1. The molecule has 20 heavy (non-hydrogen) atoms. The van der Waals surface area contributed by atoms with Crippen LogP contribution in [0.2, 0.25) is 0 Å². The van der Waals surface area contributed by atoms with Gasteiger partial charge < -0.3 is 0 Å². The summed E-state index contributed by atoms with van der Waals surface area (Å²) < 4.78 is 0. The summed E-state index contributed by atoms with van der Waals surface area (Å²) in [5, 5.41) is 0.242. The molecule has 2 saturated carbocycles. The highest BCUT2D eigenvalue weighted by Gasteiger charge is 2.40. The third kappa shape index (κ3) is 2.41. The zero-order valence-electron chi connectivity index (χ0n) is 12.3. The van der Waals surface area contributed by atoms with Crippen molar-refractivity contribution in [2.45, 2.75) is 63.2 Å². The fourth-order valence-corrected chi connectivity index (χ4v) is 5.38. The Kier molecular flexibility index (Phi) is 3.54. The van der Waals surface area contributed by atoms with Crippen LogP contribution in [0, 0.1) is 17.8 Å². The van der Waals surface area contributed by atoms with E-state index >= 15 is 0 Å². The zero-order chi connectivity index (χ0) is 13.5. The molecule has 108 valence electrons. The molecular weight excluding hydrogens is 264 g/mol. The Morgan fingerprint density at radius 1 is 1.05 bits per heavy atom. The molecule has 0 nitrogen and oxygen atoms in total. The van der Waals surface area contributed by atoms with Gasteiger partial charge in [-0.2, -0.15) is 0 Å². The maximum atomic E-state index is 6.77. The number of fused-ring (bicyclic) bond motifs is 3. The molecule has 0 aromatic heterocycles.